The Kier molecular flexibility index (Phi) is 2.98. The van der Waals surface area contributed by atoms with Crippen LogP contribution in [0.15, 0.2) is 40.9 Å². The van der Waals surface area contributed by atoms with E-state index in [4.69, 9.17) is 0 Å². The number of rotatable bonds is 1. The number of hydrogen-bond donors (Lipinski definition) is 1. The summed E-state index contributed by atoms with van der Waals surface area (Å²) in [4.78, 5) is 0. The molecule has 1 aromatic rings. The minimum absolute atomic E-state index is 0.637. The van der Waals surface area contributed by atoms with Gasteiger partial charge in [-0.3, -0.25) is 0 Å². The zero-order chi connectivity index (χ0) is 10.9. The van der Waals surface area contributed by atoms with Crippen molar-refractivity contribution < 1.29 is 5.11 Å². The Labute approximate surface area is 99.0 Å². The number of allylic oxidation sites excluding steroid dienone is 1. The lowest BCUT2D eigenvalue weighted by Crippen LogP contribution is -2.28. The Bertz CT molecular complexity index is 357. The molecule has 0 amide bonds. The van der Waals surface area contributed by atoms with Crippen molar-refractivity contribution in [3.63, 3.8) is 0 Å². The molecule has 1 N–H and O–H groups in total. The van der Waals surface area contributed by atoms with Gasteiger partial charge in [-0.05, 0) is 43.4 Å². The molecule has 1 nitrogen and oxygen atoms in total. The van der Waals surface area contributed by atoms with E-state index in [9.17, 15) is 5.11 Å². The van der Waals surface area contributed by atoms with E-state index in [0.717, 1.165) is 35.7 Å². The van der Waals surface area contributed by atoms with Gasteiger partial charge in [-0.25, -0.2) is 0 Å². The molecule has 15 heavy (non-hydrogen) atoms. The second-order valence-corrected chi connectivity index (χ2v) is 5.20. The maximum Gasteiger partial charge on any atom is 0.0902 e. The standard InChI is InChI=1S/C13H15BrO/c1-10-6-8-13(15,9-7-10)11-2-4-12(14)5-3-11/h2-5,15H,1,6-9H2. The summed E-state index contributed by atoms with van der Waals surface area (Å²) in [6.45, 7) is 3.97. The number of benzene rings is 1. The minimum atomic E-state index is -0.637. The van der Waals surface area contributed by atoms with Gasteiger partial charge < -0.3 is 5.11 Å². The summed E-state index contributed by atoms with van der Waals surface area (Å²) in [7, 11) is 0. The van der Waals surface area contributed by atoms with Crippen molar-refractivity contribution in [3.8, 4) is 0 Å². The molecule has 0 aromatic heterocycles. The van der Waals surface area contributed by atoms with Crippen LogP contribution >= 0.6 is 15.9 Å². The van der Waals surface area contributed by atoms with Gasteiger partial charge in [0.25, 0.3) is 0 Å². The molecule has 0 aliphatic heterocycles. The van der Waals surface area contributed by atoms with Crippen LogP contribution in [-0.2, 0) is 5.60 Å². The highest BCUT2D eigenvalue weighted by Gasteiger charge is 2.31. The van der Waals surface area contributed by atoms with Crippen LogP contribution in [0, 0.1) is 0 Å². The average Bonchev–Trinajstić information content (AvgIpc) is 2.24. The maximum absolute atomic E-state index is 10.5. The molecule has 1 fully saturated rings. The third-order valence-corrected chi connectivity index (χ3v) is 3.69. The summed E-state index contributed by atoms with van der Waals surface area (Å²) in [5.74, 6) is 0. The lowest BCUT2D eigenvalue weighted by molar-refractivity contribution is 0.00939. The fourth-order valence-electron chi connectivity index (χ4n) is 2.07. The molecular formula is C13H15BrO. The molecule has 0 saturated heterocycles. The van der Waals surface area contributed by atoms with Crippen molar-refractivity contribution in [3.05, 3.63) is 46.5 Å². The highest BCUT2D eigenvalue weighted by Crippen LogP contribution is 2.38. The number of halogens is 1. The second-order valence-electron chi connectivity index (χ2n) is 4.29. The van der Waals surface area contributed by atoms with Crippen molar-refractivity contribution in [1.29, 1.82) is 0 Å². The fourth-order valence-corrected chi connectivity index (χ4v) is 2.33. The highest BCUT2D eigenvalue weighted by atomic mass is 79.9. The van der Waals surface area contributed by atoms with Crippen molar-refractivity contribution in [2.75, 3.05) is 0 Å². The first-order chi connectivity index (χ1) is 7.10. The molecule has 0 atom stereocenters. The van der Waals surface area contributed by atoms with E-state index in [-0.39, 0.29) is 0 Å². The third-order valence-electron chi connectivity index (χ3n) is 3.17. The molecule has 1 aliphatic carbocycles. The van der Waals surface area contributed by atoms with Crippen LogP contribution in [0.1, 0.15) is 31.2 Å². The third kappa shape index (κ3) is 2.32. The minimum Gasteiger partial charge on any atom is -0.385 e. The molecule has 0 heterocycles. The van der Waals surface area contributed by atoms with Crippen LogP contribution in [0.2, 0.25) is 0 Å². The number of hydrogen-bond acceptors (Lipinski definition) is 1. The molecule has 1 aliphatic rings. The van der Waals surface area contributed by atoms with Gasteiger partial charge in [0.1, 0.15) is 0 Å². The summed E-state index contributed by atoms with van der Waals surface area (Å²) in [6, 6.07) is 7.96. The first kappa shape index (κ1) is 10.9. The van der Waals surface area contributed by atoms with Gasteiger partial charge in [0.2, 0.25) is 0 Å². The zero-order valence-electron chi connectivity index (χ0n) is 8.67. The van der Waals surface area contributed by atoms with Crippen LogP contribution in [0.5, 0.6) is 0 Å². The first-order valence-electron chi connectivity index (χ1n) is 5.25. The monoisotopic (exact) mass is 266 g/mol. The van der Waals surface area contributed by atoms with Gasteiger partial charge in [-0.15, -0.1) is 0 Å². The Morgan fingerprint density at radius 2 is 1.67 bits per heavy atom. The summed E-state index contributed by atoms with van der Waals surface area (Å²) in [5.41, 5.74) is 1.65. The highest BCUT2D eigenvalue weighted by molar-refractivity contribution is 9.10. The Hall–Kier alpha value is -0.600. The quantitative estimate of drug-likeness (QED) is 0.768. The van der Waals surface area contributed by atoms with Gasteiger partial charge in [-0.1, -0.05) is 40.2 Å². The van der Waals surface area contributed by atoms with E-state index in [1.165, 1.54) is 5.57 Å². The molecule has 0 radical (unpaired) electrons. The van der Waals surface area contributed by atoms with Crippen LogP contribution in [0.25, 0.3) is 0 Å². The van der Waals surface area contributed by atoms with Crippen LogP contribution in [0.4, 0.5) is 0 Å². The summed E-state index contributed by atoms with van der Waals surface area (Å²) in [6.07, 6.45) is 3.47. The van der Waals surface area contributed by atoms with E-state index in [0.29, 0.717) is 0 Å². The zero-order valence-corrected chi connectivity index (χ0v) is 10.3. The van der Waals surface area contributed by atoms with Crippen LogP contribution in [0.3, 0.4) is 0 Å². The van der Waals surface area contributed by atoms with Gasteiger partial charge in [0, 0.05) is 4.47 Å². The lowest BCUT2D eigenvalue weighted by Gasteiger charge is -2.33. The van der Waals surface area contributed by atoms with E-state index >= 15 is 0 Å². The molecule has 1 saturated carbocycles. The molecule has 0 spiro atoms. The summed E-state index contributed by atoms with van der Waals surface area (Å²) < 4.78 is 1.05. The molecular weight excluding hydrogens is 252 g/mol. The summed E-state index contributed by atoms with van der Waals surface area (Å²) in [5, 5.41) is 10.5. The average molecular weight is 267 g/mol. The van der Waals surface area contributed by atoms with Crippen molar-refractivity contribution in [2.24, 2.45) is 0 Å². The molecule has 0 unspecified atom stereocenters. The van der Waals surface area contributed by atoms with E-state index in [2.05, 4.69) is 22.5 Å². The Balaban J connectivity index is 2.22. The van der Waals surface area contributed by atoms with E-state index in [1.807, 2.05) is 24.3 Å². The van der Waals surface area contributed by atoms with Gasteiger partial charge in [0.15, 0.2) is 0 Å². The predicted molar refractivity (Wildman–Crippen MR) is 65.6 cm³/mol. The molecule has 2 heteroatoms. The topological polar surface area (TPSA) is 20.2 Å². The summed E-state index contributed by atoms with van der Waals surface area (Å²) >= 11 is 3.40. The smallest absolute Gasteiger partial charge is 0.0902 e. The molecule has 0 bridgehead atoms. The van der Waals surface area contributed by atoms with Crippen molar-refractivity contribution in [1.82, 2.24) is 0 Å². The Morgan fingerprint density at radius 3 is 2.20 bits per heavy atom. The lowest BCUT2D eigenvalue weighted by atomic mass is 9.78. The largest absolute Gasteiger partial charge is 0.385 e. The normalized spacial score (nSPS) is 20.3. The maximum atomic E-state index is 10.5. The SMILES string of the molecule is C=C1CCC(O)(c2ccc(Br)cc2)CC1. The van der Waals surface area contributed by atoms with Crippen molar-refractivity contribution in [2.45, 2.75) is 31.3 Å². The first-order valence-corrected chi connectivity index (χ1v) is 6.04. The van der Waals surface area contributed by atoms with Gasteiger partial charge in [0.05, 0.1) is 5.60 Å². The van der Waals surface area contributed by atoms with E-state index < -0.39 is 5.60 Å². The van der Waals surface area contributed by atoms with Crippen LogP contribution in [-0.4, -0.2) is 5.11 Å². The fraction of sp³-hybridized carbons (Fsp3) is 0.385. The molecule has 1 aromatic carbocycles. The van der Waals surface area contributed by atoms with E-state index in [1.54, 1.807) is 0 Å². The molecule has 2 rings (SSSR count). The van der Waals surface area contributed by atoms with Crippen molar-refractivity contribution >= 4 is 15.9 Å². The number of aliphatic hydroxyl groups is 1. The molecule has 80 valence electrons. The predicted octanol–water partition coefficient (Wildman–Crippen LogP) is 3.77. The van der Waals surface area contributed by atoms with Gasteiger partial charge in [-0.2, -0.15) is 0 Å². The van der Waals surface area contributed by atoms with Gasteiger partial charge >= 0.3 is 0 Å². The Morgan fingerprint density at radius 1 is 1.13 bits per heavy atom. The second kappa shape index (κ2) is 4.11. The van der Waals surface area contributed by atoms with Crippen LogP contribution < -0.4 is 0 Å².